The first-order chi connectivity index (χ1) is 20.7. The van der Waals surface area contributed by atoms with Crippen molar-refractivity contribution in [3.63, 3.8) is 0 Å². The molecule has 43 heavy (non-hydrogen) atoms. The summed E-state index contributed by atoms with van der Waals surface area (Å²) in [4.78, 5) is 2.45. The second-order valence-electron chi connectivity index (χ2n) is 12.9. The number of rotatable bonds is 9. The first kappa shape index (κ1) is 30.7. The third-order valence-electron chi connectivity index (χ3n) is 9.35. The zero-order chi connectivity index (χ0) is 30.6. The summed E-state index contributed by atoms with van der Waals surface area (Å²) in [5.74, 6) is 5.61. The number of nitrogens with zero attached hydrogens (tertiary/aromatic N) is 2. The SMILES string of the molecule is C#CCCCN1/C(=C\C=C2/CCCC(/C=C/C3=[N+](CCCC#C)c4ccccc4C3(C)C)=C2Cl)C(C)(C)c2ccccc21. The molecule has 2 aromatic carbocycles. The molecule has 0 N–H and O–H groups in total. The van der Waals surface area contributed by atoms with E-state index < -0.39 is 0 Å². The smallest absolute Gasteiger partial charge is 0.209 e. The fourth-order valence-electron chi connectivity index (χ4n) is 7.01. The van der Waals surface area contributed by atoms with Gasteiger partial charge < -0.3 is 4.90 Å². The van der Waals surface area contributed by atoms with Crippen molar-refractivity contribution in [2.45, 2.75) is 83.5 Å². The summed E-state index contributed by atoms with van der Waals surface area (Å²) in [6.07, 6.45) is 26.8. The molecule has 0 fully saturated rings. The van der Waals surface area contributed by atoms with Crippen LogP contribution in [0.4, 0.5) is 11.4 Å². The van der Waals surface area contributed by atoms with Gasteiger partial charge in [-0.05, 0) is 68.4 Å². The highest BCUT2D eigenvalue weighted by Gasteiger charge is 2.44. The average Bonchev–Trinajstić information content (AvgIpc) is 3.35. The number of para-hydroxylation sites is 2. The van der Waals surface area contributed by atoms with Gasteiger partial charge in [-0.2, -0.15) is 4.58 Å². The Kier molecular flexibility index (Phi) is 9.20. The van der Waals surface area contributed by atoms with Crippen LogP contribution in [0.1, 0.15) is 83.8 Å². The van der Waals surface area contributed by atoms with Crippen molar-refractivity contribution >= 4 is 28.7 Å². The predicted molar refractivity (Wildman–Crippen MR) is 184 cm³/mol. The molecule has 3 heteroatoms. The molecule has 2 nitrogen and oxygen atoms in total. The van der Waals surface area contributed by atoms with E-state index in [1.54, 1.807) is 0 Å². The highest BCUT2D eigenvalue weighted by atomic mass is 35.5. The first-order valence-electron chi connectivity index (χ1n) is 15.7. The second kappa shape index (κ2) is 12.9. The van der Waals surface area contributed by atoms with Crippen LogP contribution in [-0.4, -0.2) is 23.4 Å². The molecule has 0 saturated heterocycles. The van der Waals surface area contributed by atoms with Crippen LogP contribution < -0.4 is 4.90 Å². The molecule has 0 radical (unpaired) electrons. The first-order valence-corrected chi connectivity index (χ1v) is 16.1. The van der Waals surface area contributed by atoms with Crippen molar-refractivity contribution in [3.8, 4) is 24.7 Å². The van der Waals surface area contributed by atoms with Gasteiger partial charge >= 0.3 is 0 Å². The standard InChI is InChI=1S/C40H44ClN2/c1-7-9-15-28-42-34-22-13-11-20-32(34)39(3,4)36(42)26-24-30-18-17-19-31(38(30)41)25-27-37-40(5,6)33-21-12-14-23-35(33)43(37)29-16-10-8-2/h1-2,11-14,20-27H,9-10,15-19,28-29H2,3-6H3/q+1. The number of halogens is 1. The summed E-state index contributed by atoms with van der Waals surface area (Å²) in [6.45, 7) is 11.1. The van der Waals surface area contributed by atoms with E-state index in [0.717, 1.165) is 63.1 Å². The summed E-state index contributed by atoms with van der Waals surface area (Å²) in [5.41, 5.74) is 10.1. The number of allylic oxidation sites excluding steroid dienone is 8. The minimum absolute atomic E-state index is 0.0973. The average molecular weight is 588 g/mol. The van der Waals surface area contributed by atoms with Crippen molar-refractivity contribution < 1.29 is 4.58 Å². The number of hydrogen-bond acceptors (Lipinski definition) is 1. The Bertz CT molecular complexity index is 1630. The topological polar surface area (TPSA) is 6.25 Å². The molecule has 0 atom stereocenters. The monoisotopic (exact) mass is 587 g/mol. The van der Waals surface area contributed by atoms with Crippen LogP contribution in [0.5, 0.6) is 0 Å². The Morgan fingerprint density at radius 2 is 1.56 bits per heavy atom. The molecule has 2 heterocycles. The van der Waals surface area contributed by atoms with E-state index in [9.17, 15) is 0 Å². The third kappa shape index (κ3) is 5.92. The molecule has 2 aliphatic heterocycles. The predicted octanol–water partition coefficient (Wildman–Crippen LogP) is 9.73. The van der Waals surface area contributed by atoms with E-state index in [1.807, 2.05) is 0 Å². The molecular weight excluding hydrogens is 544 g/mol. The van der Waals surface area contributed by atoms with Gasteiger partial charge in [-0.15, -0.1) is 24.7 Å². The van der Waals surface area contributed by atoms with Gasteiger partial charge in [-0.25, -0.2) is 0 Å². The molecule has 0 aromatic heterocycles. The van der Waals surface area contributed by atoms with Gasteiger partial charge in [0.25, 0.3) is 0 Å². The number of fused-ring (bicyclic) bond motifs is 2. The molecule has 0 saturated carbocycles. The Hall–Kier alpha value is -3.72. The largest absolute Gasteiger partial charge is 0.344 e. The van der Waals surface area contributed by atoms with Crippen molar-refractivity contribution in [2.75, 3.05) is 18.0 Å². The van der Waals surface area contributed by atoms with Crippen LogP contribution in [0.3, 0.4) is 0 Å². The van der Waals surface area contributed by atoms with E-state index in [0.29, 0.717) is 0 Å². The fourth-order valence-corrected chi connectivity index (χ4v) is 7.32. The van der Waals surface area contributed by atoms with Gasteiger partial charge in [0.05, 0.1) is 5.41 Å². The molecule has 0 spiro atoms. The number of hydrogen-bond donors (Lipinski definition) is 0. The highest BCUT2D eigenvalue weighted by molar-refractivity contribution is 6.32. The third-order valence-corrected chi connectivity index (χ3v) is 9.83. The van der Waals surface area contributed by atoms with Crippen LogP contribution in [0, 0.1) is 24.7 Å². The Balaban J connectivity index is 1.48. The van der Waals surface area contributed by atoms with Gasteiger partial charge in [-0.1, -0.05) is 74.0 Å². The number of benzene rings is 2. The lowest BCUT2D eigenvalue weighted by atomic mass is 9.81. The number of unbranched alkanes of at least 4 members (excludes halogenated alkanes) is 2. The highest BCUT2D eigenvalue weighted by Crippen LogP contribution is 2.48. The van der Waals surface area contributed by atoms with Crippen LogP contribution in [0.15, 0.2) is 94.7 Å². The van der Waals surface area contributed by atoms with E-state index in [1.165, 1.54) is 45.1 Å². The maximum Gasteiger partial charge on any atom is 0.209 e. The van der Waals surface area contributed by atoms with Crippen LogP contribution in [0.25, 0.3) is 0 Å². The molecule has 220 valence electrons. The lowest BCUT2D eigenvalue weighted by Gasteiger charge is -2.27. The van der Waals surface area contributed by atoms with Gasteiger partial charge in [0.15, 0.2) is 5.71 Å². The Labute approximate surface area is 264 Å². The maximum absolute atomic E-state index is 7.17. The summed E-state index contributed by atoms with van der Waals surface area (Å²) in [5, 5.41) is 0.888. The minimum Gasteiger partial charge on any atom is -0.344 e. The lowest BCUT2D eigenvalue weighted by molar-refractivity contribution is -0.438. The van der Waals surface area contributed by atoms with Crippen LogP contribution in [-0.2, 0) is 10.8 Å². The molecule has 1 aliphatic carbocycles. The molecule has 2 aromatic rings. The summed E-state index contributed by atoms with van der Waals surface area (Å²) < 4.78 is 2.45. The van der Waals surface area contributed by atoms with Gasteiger partial charge in [0, 0.05) is 65.3 Å². The van der Waals surface area contributed by atoms with E-state index in [2.05, 4.69) is 122 Å². The summed E-state index contributed by atoms with van der Waals surface area (Å²) >= 11 is 7.17. The zero-order valence-corrected chi connectivity index (χ0v) is 27.0. The molecule has 5 rings (SSSR count). The maximum atomic E-state index is 7.17. The molecule has 0 amide bonds. The van der Waals surface area contributed by atoms with Gasteiger partial charge in [-0.3, -0.25) is 0 Å². The molecular formula is C40H44ClN2+. The second-order valence-corrected chi connectivity index (χ2v) is 13.2. The van der Waals surface area contributed by atoms with E-state index in [-0.39, 0.29) is 10.8 Å². The summed E-state index contributed by atoms with van der Waals surface area (Å²) in [6, 6.07) is 17.5. The zero-order valence-electron chi connectivity index (χ0n) is 26.2. The normalized spacial score (nSPS) is 20.6. The summed E-state index contributed by atoms with van der Waals surface area (Å²) in [7, 11) is 0. The van der Waals surface area contributed by atoms with Crippen molar-refractivity contribution in [1.29, 1.82) is 0 Å². The van der Waals surface area contributed by atoms with Crippen LogP contribution in [0.2, 0.25) is 0 Å². The quantitative estimate of drug-likeness (QED) is 0.161. The van der Waals surface area contributed by atoms with E-state index >= 15 is 0 Å². The number of terminal acetylenes is 2. The Morgan fingerprint density at radius 3 is 2.33 bits per heavy atom. The van der Waals surface area contributed by atoms with Gasteiger partial charge in [0.2, 0.25) is 5.69 Å². The van der Waals surface area contributed by atoms with Crippen molar-refractivity contribution in [3.05, 3.63) is 106 Å². The lowest BCUT2D eigenvalue weighted by Crippen LogP contribution is -2.28. The fraction of sp³-hybridized carbons (Fsp3) is 0.375. The van der Waals surface area contributed by atoms with Gasteiger partial charge in [0.1, 0.15) is 6.54 Å². The number of anilines is 1. The van der Waals surface area contributed by atoms with Crippen molar-refractivity contribution in [2.24, 2.45) is 0 Å². The van der Waals surface area contributed by atoms with Crippen molar-refractivity contribution in [1.82, 2.24) is 0 Å². The molecule has 0 bridgehead atoms. The Morgan fingerprint density at radius 1 is 0.860 bits per heavy atom. The molecule has 0 unspecified atom stereocenters. The van der Waals surface area contributed by atoms with E-state index in [4.69, 9.17) is 24.4 Å². The van der Waals surface area contributed by atoms with Crippen LogP contribution >= 0.6 is 11.6 Å². The molecule has 3 aliphatic rings. The minimum atomic E-state index is -0.0973.